The minimum atomic E-state index is -0.920. The van der Waals surface area contributed by atoms with Gasteiger partial charge in [0.2, 0.25) is 0 Å². The third kappa shape index (κ3) is 7.36. The summed E-state index contributed by atoms with van der Waals surface area (Å²) in [5, 5.41) is 10.0. The van der Waals surface area contributed by atoms with Crippen LogP contribution in [0.4, 0.5) is 0 Å². The first kappa shape index (κ1) is 20.1. The number of unbranched alkanes of at least 4 members (excludes halogenated alkanes) is 3. The van der Waals surface area contributed by atoms with Crippen molar-refractivity contribution in [2.45, 2.75) is 45.1 Å². The fraction of sp³-hybridized carbons (Fsp3) is 0.381. The van der Waals surface area contributed by atoms with Crippen molar-refractivity contribution in [3.05, 3.63) is 59.1 Å². The van der Waals surface area contributed by atoms with Gasteiger partial charge in [-0.15, -0.1) is 0 Å². The van der Waals surface area contributed by atoms with Crippen LogP contribution in [0.15, 0.2) is 48.5 Å². The molecule has 0 bridgehead atoms. The van der Waals surface area contributed by atoms with E-state index in [4.69, 9.17) is 21.1 Å². The Morgan fingerprint density at radius 1 is 0.962 bits per heavy atom. The Morgan fingerprint density at radius 3 is 2.23 bits per heavy atom. The molecule has 0 aromatic heterocycles. The van der Waals surface area contributed by atoms with Gasteiger partial charge in [-0.1, -0.05) is 42.1 Å². The molecule has 1 atom stereocenters. The predicted molar refractivity (Wildman–Crippen MR) is 103 cm³/mol. The van der Waals surface area contributed by atoms with Gasteiger partial charge in [0, 0.05) is 5.02 Å². The van der Waals surface area contributed by atoms with Crippen molar-refractivity contribution in [3.63, 3.8) is 0 Å². The molecule has 0 aliphatic heterocycles. The van der Waals surface area contributed by atoms with E-state index in [-0.39, 0.29) is 0 Å². The summed E-state index contributed by atoms with van der Waals surface area (Å²) in [6, 6.07) is 14.7. The number of rotatable bonds is 11. The molecular formula is C21H25ClO4. The topological polar surface area (TPSA) is 55.8 Å². The van der Waals surface area contributed by atoms with Crippen LogP contribution in [0.3, 0.4) is 0 Å². The van der Waals surface area contributed by atoms with Gasteiger partial charge in [0.25, 0.3) is 0 Å². The number of carboxylic acid groups (broad SMARTS) is 1. The average molecular weight is 377 g/mol. The van der Waals surface area contributed by atoms with Gasteiger partial charge in [-0.05, 0) is 62.6 Å². The maximum absolute atomic E-state index is 11.4. The summed E-state index contributed by atoms with van der Waals surface area (Å²) in [5.74, 6) is 0.489. The second kappa shape index (κ2) is 10.7. The summed E-state index contributed by atoms with van der Waals surface area (Å²) in [7, 11) is 0. The molecule has 140 valence electrons. The molecule has 0 radical (unpaired) electrons. The van der Waals surface area contributed by atoms with E-state index < -0.39 is 12.1 Å². The molecule has 0 fully saturated rings. The van der Waals surface area contributed by atoms with Gasteiger partial charge in [0.15, 0.2) is 6.10 Å². The zero-order valence-corrected chi connectivity index (χ0v) is 15.7. The maximum Gasteiger partial charge on any atom is 0.344 e. The Bertz CT molecular complexity index is 667. The molecule has 0 aliphatic carbocycles. The van der Waals surface area contributed by atoms with Gasteiger partial charge in [0.1, 0.15) is 11.5 Å². The van der Waals surface area contributed by atoms with Crippen molar-refractivity contribution < 1.29 is 19.4 Å². The lowest BCUT2D eigenvalue weighted by Gasteiger charge is -2.15. The first-order valence-electron chi connectivity index (χ1n) is 8.89. The van der Waals surface area contributed by atoms with E-state index in [1.54, 1.807) is 24.3 Å². The van der Waals surface area contributed by atoms with E-state index in [0.717, 1.165) is 37.0 Å². The van der Waals surface area contributed by atoms with Crippen LogP contribution in [0.2, 0.25) is 5.02 Å². The Hall–Kier alpha value is -2.20. The molecular weight excluding hydrogens is 352 g/mol. The highest BCUT2D eigenvalue weighted by Crippen LogP contribution is 2.18. The summed E-state index contributed by atoms with van der Waals surface area (Å²) in [5.41, 5.74) is 1.12. The van der Waals surface area contributed by atoms with Gasteiger partial charge < -0.3 is 14.6 Å². The number of aliphatic carboxylic acids is 1. The Labute approximate surface area is 159 Å². The zero-order valence-electron chi connectivity index (χ0n) is 15.0. The fourth-order valence-electron chi connectivity index (χ4n) is 2.52. The highest BCUT2D eigenvalue weighted by Gasteiger charge is 2.18. The molecule has 0 amide bonds. The lowest BCUT2D eigenvalue weighted by molar-refractivity contribution is -0.145. The molecule has 0 heterocycles. The number of carboxylic acids is 1. The van der Waals surface area contributed by atoms with Crippen molar-refractivity contribution in [1.29, 1.82) is 0 Å². The average Bonchev–Trinajstić information content (AvgIpc) is 2.63. The van der Waals surface area contributed by atoms with Gasteiger partial charge in [-0.3, -0.25) is 0 Å². The van der Waals surface area contributed by atoms with Crippen molar-refractivity contribution >= 4 is 17.6 Å². The highest BCUT2D eigenvalue weighted by atomic mass is 35.5. The molecule has 2 aromatic rings. The fourth-order valence-corrected chi connectivity index (χ4v) is 2.65. The third-order valence-corrected chi connectivity index (χ3v) is 4.27. The van der Waals surface area contributed by atoms with Crippen LogP contribution in [0.1, 0.15) is 37.7 Å². The van der Waals surface area contributed by atoms with Crippen molar-refractivity contribution in [1.82, 2.24) is 0 Å². The number of benzene rings is 2. The maximum atomic E-state index is 11.4. The van der Waals surface area contributed by atoms with E-state index in [1.165, 1.54) is 0 Å². The molecule has 5 heteroatoms. The van der Waals surface area contributed by atoms with Crippen LogP contribution < -0.4 is 9.47 Å². The van der Waals surface area contributed by atoms with Crippen LogP contribution in [-0.2, 0) is 4.79 Å². The van der Waals surface area contributed by atoms with Gasteiger partial charge >= 0.3 is 5.97 Å². The minimum absolute atomic E-state index is 0.501. The molecule has 0 saturated carbocycles. The lowest BCUT2D eigenvalue weighted by Crippen LogP contribution is -2.26. The first-order chi connectivity index (χ1) is 12.5. The zero-order chi connectivity index (χ0) is 18.8. The van der Waals surface area contributed by atoms with Crippen LogP contribution >= 0.6 is 11.6 Å². The molecule has 0 aliphatic rings. The summed E-state index contributed by atoms with van der Waals surface area (Å²) in [6.45, 7) is 2.62. The molecule has 0 spiro atoms. The first-order valence-corrected chi connectivity index (χ1v) is 9.27. The Kier molecular flexibility index (Phi) is 8.29. The third-order valence-electron chi connectivity index (χ3n) is 4.02. The minimum Gasteiger partial charge on any atom is -0.494 e. The SMILES string of the molecule is Cc1ccc(OC(CCCCCCOc2ccc(Cl)cc2)C(=O)O)cc1. The highest BCUT2D eigenvalue weighted by molar-refractivity contribution is 6.30. The van der Waals surface area contributed by atoms with Gasteiger partial charge in [0.05, 0.1) is 6.61 Å². The van der Waals surface area contributed by atoms with Crippen LogP contribution in [0.25, 0.3) is 0 Å². The lowest BCUT2D eigenvalue weighted by atomic mass is 10.1. The molecule has 0 saturated heterocycles. The normalized spacial score (nSPS) is 11.8. The predicted octanol–water partition coefficient (Wildman–Crippen LogP) is 5.51. The summed E-state index contributed by atoms with van der Waals surface area (Å²) in [6.07, 6.45) is 3.38. The van der Waals surface area contributed by atoms with E-state index in [2.05, 4.69) is 0 Å². The second-order valence-corrected chi connectivity index (χ2v) is 6.70. The summed E-state index contributed by atoms with van der Waals surface area (Å²) < 4.78 is 11.2. The molecule has 26 heavy (non-hydrogen) atoms. The smallest absolute Gasteiger partial charge is 0.344 e. The summed E-state index contributed by atoms with van der Waals surface area (Å²) >= 11 is 5.83. The molecule has 2 aromatic carbocycles. The Morgan fingerprint density at radius 2 is 1.58 bits per heavy atom. The van der Waals surface area contributed by atoms with Gasteiger partial charge in [-0.25, -0.2) is 4.79 Å². The van der Waals surface area contributed by atoms with E-state index in [0.29, 0.717) is 23.8 Å². The van der Waals surface area contributed by atoms with Crippen molar-refractivity contribution in [2.24, 2.45) is 0 Å². The number of hydrogen-bond donors (Lipinski definition) is 1. The second-order valence-electron chi connectivity index (χ2n) is 6.26. The van der Waals surface area contributed by atoms with Crippen LogP contribution in [-0.4, -0.2) is 23.8 Å². The number of aryl methyl sites for hydroxylation is 1. The molecule has 1 N–H and O–H groups in total. The van der Waals surface area contributed by atoms with Crippen LogP contribution in [0.5, 0.6) is 11.5 Å². The monoisotopic (exact) mass is 376 g/mol. The molecule has 1 unspecified atom stereocenters. The standard InChI is InChI=1S/C21H25ClO4/c1-16-7-11-19(12-8-16)26-20(21(23)24)6-4-2-3-5-15-25-18-13-9-17(22)10-14-18/h7-14,20H,2-6,15H2,1H3,(H,23,24). The summed E-state index contributed by atoms with van der Waals surface area (Å²) in [4.78, 5) is 11.4. The molecule has 2 rings (SSSR count). The number of carbonyl (C=O) groups is 1. The molecule has 4 nitrogen and oxygen atoms in total. The largest absolute Gasteiger partial charge is 0.494 e. The number of hydrogen-bond acceptors (Lipinski definition) is 3. The van der Waals surface area contributed by atoms with Crippen LogP contribution in [0, 0.1) is 6.92 Å². The van der Waals surface area contributed by atoms with E-state index in [9.17, 15) is 9.90 Å². The quantitative estimate of drug-likeness (QED) is 0.525. The number of halogens is 1. The van der Waals surface area contributed by atoms with E-state index >= 15 is 0 Å². The van der Waals surface area contributed by atoms with Crippen molar-refractivity contribution in [3.8, 4) is 11.5 Å². The number of ether oxygens (including phenoxy) is 2. The van der Waals surface area contributed by atoms with E-state index in [1.807, 2.05) is 31.2 Å². The van der Waals surface area contributed by atoms with Gasteiger partial charge in [-0.2, -0.15) is 0 Å². The Balaban J connectivity index is 1.61. The van der Waals surface area contributed by atoms with Crippen molar-refractivity contribution in [2.75, 3.05) is 6.61 Å².